The highest BCUT2D eigenvalue weighted by Gasteiger charge is 2.05. The first-order chi connectivity index (χ1) is 5.65. The monoisotopic (exact) mass is 171 g/mol. The molecule has 3 heteroatoms. The molecule has 0 saturated heterocycles. The van der Waals surface area contributed by atoms with Crippen LogP contribution in [-0.4, -0.2) is 6.54 Å². The lowest BCUT2D eigenvalue weighted by Gasteiger charge is -2.02. The zero-order valence-corrected chi connectivity index (χ0v) is 6.90. The van der Waals surface area contributed by atoms with Gasteiger partial charge in [0.25, 0.3) is 0 Å². The minimum absolute atomic E-state index is 0.0655. The van der Waals surface area contributed by atoms with Gasteiger partial charge in [0.05, 0.1) is 0 Å². The van der Waals surface area contributed by atoms with Crippen LogP contribution in [0.5, 0.6) is 0 Å². The molecule has 66 valence electrons. The van der Waals surface area contributed by atoms with E-state index in [1.807, 2.05) is 0 Å². The number of nitrogens with two attached hydrogens (primary N) is 1. The van der Waals surface area contributed by atoms with Crippen LogP contribution in [-0.2, 0) is 6.42 Å². The van der Waals surface area contributed by atoms with E-state index in [1.54, 1.807) is 0 Å². The van der Waals surface area contributed by atoms with Gasteiger partial charge in [0.1, 0.15) is 11.6 Å². The van der Waals surface area contributed by atoms with Gasteiger partial charge in [-0.3, -0.25) is 0 Å². The van der Waals surface area contributed by atoms with Crippen LogP contribution in [0.1, 0.15) is 11.1 Å². The quantitative estimate of drug-likeness (QED) is 0.721. The molecule has 0 aliphatic carbocycles. The summed E-state index contributed by atoms with van der Waals surface area (Å²) in [6.45, 7) is 1.82. The van der Waals surface area contributed by atoms with E-state index >= 15 is 0 Å². The fourth-order valence-corrected chi connectivity index (χ4v) is 1.01. The standard InChI is InChI=1S/C9H11F2N/c1-6-8(10)4-7(2-3-12)5-9(6)11/h4-5H,2-3,12H2,1H3. The van der Waals surface area contributed by atoms with Gasteiger partial charge >= 0.3 is 0 Å². The van der Waals surface area contributed by atoms with Crippen LogP contribution < -0.4 is 5.73 Å². The van der Waals surface area contributed by atoms with Gasteiger partial charge in [0.15, 0.2) is 0 Å². The molecule has 2 N–H and O–H groups in total. The molecule has 0 fully saturated rings. The molecule has 0 atom stereocenters. The molecule has 0 aromatic heterocycles. The van der Waals surface area contributed by atoms with Crippen molar-refractivity contribution in [1.82, 2.24) is 0 Å². The minimum Gasteiger partial charge on any atom is -0.330 e. The largest absolute Gasteiger partial charge is 0.330 e. The predicted molar refractivity (Wildman–Crippen MR) is 43.9 cm³/mol. The van der Waals surface area contributed by atoms with Gasteiger partial charge in [-0.25, -0.2) is 8.78 Å². The molecule has 0 radical (unpaired) electrons. The van der Waals surface area contributed by atoms with Gasteiger partial charge in [-0.05, 0) is 37.6 Å². The highest BCUT2D eigenvalue weighted by Crippen LogP contribution is 2.14. The van der Waals surface area contributed by atoms with Crippen LogP contribution in [0.15, 0.2) is 12.1 Å². The van der Waals surface area contributed by atoms with E-state index in [0.29, 0.717) is 18.5 Å². The number of rotatable bonds is 2. The fourth-order valence-electron chi connectivity index (χ4n) is 1.01. The fraction of sp³-hybridized carbons (Fsp3) is 0.333. The molecular weight excluding hydrogens is 160 g/mol. The summed E-state index contributed by atoms with van der Waals surface area (Å²) < 4.78 is 25.8. The third-order valence-corrected chi connectivity index (χ3v) is 1.77. The summed E-state index contributed by atoms with van der Waals surface area (Å²) in [5.41, 5.74) is 5.93. The van der Waals surface area contributed by atoms with E-state index in [1.165, 1.54) is 19.1 Å². The Morgan fingerprint density at radius 3 is 2.17 bits per heavy atom. The van der Waals surface area contributed by atoms with Gasteiger partial charge in [-0.1, -0.05) is 0 Å². The maximum absolute atomic E-state index is 12.9. The summed E-state index contributed by atoms with van der Waals surface area (Å²) in [6.07, 6.45) is 0.508. The van der Waals surface area contributed by atoms with E-state index in [4.69, 9.17) is 5.73 Å². The molecule has 12 heavy (non-hydrogen) atoms. The highest BCUT2D eigenvalue weighted by molar-refractivity contribution is 5.25. The molecule has 0 unspecified atom stereocenters. The van der Waals surface area contributed by atoms with E-state index < -0.39 is 11.6 Å². The molecule has 0 aliphatic rings. The van der Waals surface area contributed by atoms with E-state index in [9.17, 15) is 8.78 Å². The third kappa shape index (κ3) is 1.80. The molecule has 1 rings (SSSR count). The smallest absolute Gasteiger partial charge is 0.129 e. The Hall–Kier alpha value is -0.960. The lowest BCUT2D eigenvalue weighted by Crippen LogP contribution is -2.04. The molecule has 0 heterocycles. The number of hydrogen-bond donors (Lipinski definition) is 1. The summed E-state index contributed by atoms with van der Waals surface area (Å²) in [6, 6.07) is 2.65. The Morgan fingerprint density at radius 2 is 1.75 bits per heavy atom. The molecule has 0 amide bonds. The Kier molecular flexibility index (Phi) is 2.76. The maximum Gasteiger partial charge on any atom is 0.129 e. The van der Waals surface area contributed by atoms with Crippen LogP contribution in [0, 0.1) is 18.6 Å². The second kappa shape index (κ2) is 3.63. The highest BCUT2D eigenvalue weighted by atomic mass is 19.1. The molecule has 1 nitrogen and oxygen atoms in total. The lowest BCUT2D eigenvalue weighted by atomic mass is 10.1. The SMILES string of the molecule is Cc1c(F)cc(CCN)cc1F. The Morgan fingerprint density at radius 1 is 1.25 bits per heavy atom. The molecule has 0 spiro atoms. The first-order valence-electron chi connectivity index (χ1n) is 3.79. The van der Waals surface area contributed by atoms with Crippen LogP contribution in [0.3, 0.4) is 0 Å². The zero-order chi connectivity index (χ0) is 9.14. The van der Waals surface area contributed by atoms with Gasteiger partial charge in [-0.15, -0.1) is 0 Å². The van der Waals surface area contributed by atoms with Crippen molar-refractivity contribution >= 4 is 0 Å². The molecule has 0 saturated carbocycles. The lowest BCUT2D eigenvalue weighted by molar-refractivity contribution is 0.564. The second-order valence-electron chi connectivity index (χ2n) is 2.72. The molecule has 1 aromatic rings. The van der Waals surface area contributed by atoms with E-state index in [2.05, 4.69) is 0 Å². The van der Waals surface area contributed by atoms with Gasteiger partial charge in [0.2, 0.25) is 0 Å². The number of hydrogen-bond acceptors (Lipinski definition) is 1. The minimum atomic E-state index is -0.501. The van der Waals surface area contributed by atoms with Crippen molar-refractivity contribution in [2.24, 2.45) is 5.73 Å². The number of halogens is 2. The van der Waals surface area contributed by atoms with Crippen molar-refractivity contribution in [3.63, 3.8) is 0 Å². The van der Waals surface area contributed by atoms with Crippen LogP contribution in [0.4, 0.5) is 8.78 Å². The van der Waals surface area contributed by atoms with Crippen LogP contribution in [0.25, 0.3) is 0 Å². The predicted octanol–water partition coefficient (Wildman–Crippen LogP) is 1.77. The van der Waals surface area contributed by atoms with Gasteiger partial charge < -0.3 is 5.73 Å². The van der Waals surface area contributed by atoms with Crippen molar-refractivity contribution in [1.29, 1.82) is 0 Å². The van der Waals surface area contributed by atoms with Crippen LogP contribution >= 0.6 is 0 Å². The summed E-state index contributed by atoms with van der Waals surface area (Å²) in [5, 5.41) is 0. The summed E-state index contributed by atoms with van der Waals surface area (Å²) >= 11 is 0. The summed E-state index contributed by atoms with van der Waals surface area (Å²) in [5.74, 6) is -1.00. The topological polar surface area (TPSA) is 26.0 Å². The first kappa shape index (κ1) is 9.13. The van der Waals surface area contributed by atoms with Crippen LogP contribution in [0.2, 0.25) is 0 Å². The average molecular weight is 171 g/mol. The summed E-state index contributed by atoms with van der Waals surface area (Å²) in [7, 11) is 0. The molecule has 0 bridgehead atoms. The molecular formula is C9H11F2N. The Bertz CT molecular complexity index is 261. The molecule has 0 aliphatic heterocycles. The normalized spacial score (nSPS) is 10.3. The van der Waals surface area contributed by atoms with Crippen molar-refractivity contribution in [2.75, 3.05) is 6.54 Å². The zero-order valence-electron chi connectivity index (χ0n) is 6.90. The Balaban J connectivity index is 3.04. The van der Waals surface area contributed by atoms with Crippen molar-refractivity contribution < 1.29 is 8.78 Å². The molecule has 1 aromatic carbocycles. The number of benzene rings is 1. The van der Waals surface area contributed by atoms with Crippen molar-refractivity contribution in [3.8, 4) is 0 Å². The average Bonchev–Trinajstić information content (AvgIpc) is 2.01. The van der Waals surface area contributed by atoms with Gasteiger partial charge in [-0.2, -0.15) is 0 Å². The Labute approximate surface area is 70.2 Å². The van der Waals surface area contributed by atoms with E-state index in [-0.39, 0.29) is 5.56 Å². The van der Waals surface area contributed by atoms with Gasteiger partial charge in [0, 0.05) is 5.56 Å². The van der Waals surface area contributed by atoms with Crippen molar-refractivity contribution in [2.45, 2.75) is 13.3 Å². The maximum atomic E-state index is 12.9. The second-order valence-corrected chi connectivity index (χ2v) is 2.72. The third-order valence-electron chi connectivity index (χ3n) is 1.77. The van der Waals surface area contributed by atoms with E-state index in [0.717, 1.165) is 0 Å². The summed E-state index contributed by atoms with van der Waals surface area (Å²) in [4.78, 5) is 0. The van der Waals surface area contributed by atoms with Crippen molar-refractivity contribution in [3.05, 3.63) is 34.9 Å². The first-order valence-corrected chi connectivity index (χ1v) is 3.79.